The van der Waals surface area contributed by atoms with E-state index in [0.717, 1.165) is 0 Å². The minimum Gasteiger partial charge on any atom is -0.439 e. The van der Waals surface area contributed by atoms with Crippen molar-refractivity contribution in [3.05, 3.63) is 40.1 Å². The third-order valence-corrected chi connectivity index (χ3v) is 3.07. The maximum absolute atomic E-state index is 5.92. The number of hydrazine groups is 1. The summed E-state index contributed by atoms with van der Waals surface area (Å²) in [5.74, 6) is 7.39. The second kappa shape index (κ2) is 6.06. The molecule has 1 heterocycles. The molecule has 2 aromatic rings. The molecule has 19 heavy (non-hydrogen) atoms. The molecule has 0 bridgehead atoms. The highest BCUT2D eigenvalue weighted by atomic mass is 35.5. The van der Waals surface area contributed by atoms with Gasteiger partial charge < -0.3 is 10.2 Å². The van der Waals surface area contributed by atoms with Gasteiger partial charge >= 0.3 is 0 Å². The van der Waals surface area contributed by atoms with Gasteiger partial charge in [-0.25, -0.2) is 10.8 Å². The molecule has 3 N–H and O–H groups in total. The first-order chi connectivity index (χ1) is 9.12. The Hall–Kier alpha value is -1.56. The number of nitrogens with zero attached hydrogens (tertiary/aromatic N) is 2. The lowest BCUT2D eigenvalue weighted by Gasteiger charge is -2.08. The molecule has 0 unspecified atom stereocenters. The standard InChI is InChI=1S/C12H12Cl2N4O/c1-2-10-16-11(18-15)6-12(17-10)19-7-3-4-8(13)9(14)5-7/h3-6H,2,15H2,1H3,(H,16,17,18). The van der Waals surface area contributed by atoms with Crippen LogP contribution >= 0.6 is 23.2 Å². The van der Waals surface area contributed by atoms with Crippen LogP contribution in [-0.2, 0) is 6.42 Å². The van der Waals surface area contributed by atoms with E-state index in [4.69, 9.17) is 33.8 Å². The van der Waals surface area contributed by atoms with Gasteiger partial charge in [0.2, 0.25) is 5.88 Å². The summed E-state index contributed by atoms with van der Waals surface area (Å²) in [6.45, 7) is 1.94. The summed E-state index contributed by atoms with van der Waals surface area (Å²) in [4.78, 5) is 8.41. The van der Waals surface area contributed by atoms with Gasteiger partial charge in [0.1, 0.15) is 17.4 Å². The molecule has 0 fully saturated rings. The predicted octanol–water partition coefficient (Wildman–Crippen LogP) is 3.42. The maximum atomic E-state index is 5.92. The Labute approximate surface area is 120 Å². The van der Waals surface area contributed by atoms with Crippen LogP contribution in [0.5, 0.6) is 11.6 Å². The zero-order valence-electron chi connectivity index (χ0n) is 10.2. The van der Waals surface area contributed by atoms with E-state index >= 15 is 0 Å². The van der Waals surface area contributed by atoms with Gasteiger partial charge in [-0.3, -0.25) is 0 Å². The summed E-state index contributed by atoms with van der Waals surface area (Å²) in [6, 6.07) is 6.58. The second-order valence-electron chi connectivity index (χ2n) is 3.68. The molecule has 0 saturated heterocycles. The lowest BCUT2D eigenvalue weighted by Crippen LogP contribution is -2.10. The summed E-state index contributed by atoms with van der Waals surface area (Å²) in [5.41, 5.74) is 2.47. The average Bonchev–Trinajstić information content (AvgIpc) is 2.42. The van der Waals surface area contributed by atoms with Crippen molar-refractivity contribution in [3.8, 4) is 11.6 Å². The Morgan fingerprint density at radius 2 is 2.00 bits per heavy atom. The number of benzene rings is 1. The van der Waals surface area contributed by atoms with Crippen LogP contribution in [0.1, 0.15) is 12.7 Å². The van der Waals surface area contributed by atoms with Crippen LogP contribution in [0.2, 0.25) is 10.0 Å². The summed E-state index contributed by atoms with van der Waals surface area (Å²) < 4.78 is 5.61. The minimum atomic E-state index is 0.387. The first-order valence-corrected chi connectivity index (χ1v) is 6.35. The molecule has 0 spiro atoms. The van der Waals surface area contributed by atoms with Gasteiger partial charge in [0.25, 0.3) is 0 Å². The third kappa shape index (κ3) is 3.47. The van der Waals surface area contributed by atoms with E-state index in [1.165, 1.54) is 0 Å². The van der Waals surface area contributed by atoms with E-state index in [9.17, 15) is 0 Å². The molecule has 1 aromatic heterocycles. The fourth-order valence-corrected chi connectivity index (χ4v) is 1.71. The highest BCUT2D eigenvalue weighted by molar-refractivity contribution is 6.42. The Bertz CT molecular complexity index is 570. The van der Waals surface area contributed by atoms with Gasteiger partial charge in [-0.15, -0.1) is 0 Å². The van der Waals surface area contributed by atoms with Crippen molar-refractivity contribution in [2.45, 2.75) is 13.3 Å². The first-order valence-electron chi connectivity index (χ1n) is 5.60. The molecule has 7 heteroatoms. The summed E-state index contributed by atoms with van der Waals surface area (Å²) in [7, 11) is 0. The van der Waals surface area contributed by atoms with Crippen LogP contribution in [0.4, 0.5) is 5.82 Å². The van der Waals surface area contributed by atoms with Crippen molar-refractivity contribution in [3.63, 3.8) is 0 Å². The Morgan fingerprint density at radius 1 is 1.21 bits per heavy atom. The average molecular weight is 299 g/mol. The van der Waals surface area contributed by atoms with Crippen molar-refractivity contribution >= 4 is 29.0 Å². The first kappa shape index (κ1) is 13.9. The summed E-state index contributed by atoms with van der Waals surface area (Å²) >= 11 is 11.8. The lowest BCUT2D eigenvalue weighted by molar-refractivity contribution is 0.459. The van der Waals surface area contributed by atoms with Crippen LogP contribution in [0, 0.1) is 0 Å². The van der Waals surface area contributed by atoms with Crippen LogP contribution in [0.15, 0.2) is 24.3 Å². The number of aryl methyl sites for hydroxylation is 1. The van der Waals surface area contributed by atoms with Crippen molar-refractivity contribution in [1.29, 1.82) is 0 Å². The number of nitrogens with two attached hydrogens (primary N) is 1. The van der Waals surface area contributed by atoms with Crippen LogP contribution < -0.4 is 16.0 Å². The molecule has 5 nitrogen and oxygen atoms in total. The molecule has 0 saturated carbocycles. The smallest absolute Gasteiger partial charge is 0.224 e. The number of nitrogens with one attached hydrogen (secondary N) is 1. The Morgan fingerprint density at radius 3 is 2.63 bits per heavy atom. The maximum Gasteiger partial charge on any atom is 0.224 e. The van der Waals surface area contributed by atoms with Gasteiger partial charge in [-0.05, 0) is 12.1 Å². The van der Waals surface area contributed by atoms with Crippen molar-refractivity contribution in [1.82, 2.24) is 9.97 Å². The van der Waals surface area contributed by atoms with E-state index in [1.54, 1.807) is 24.3 Å². The quantitative estimate of drug-likeness (QED) is 0.668. The van der Waals surface area contributed by atoms with Crippen LogP contribution in [0.25, 0.3) is 0 Å². The zero-order valence-corrected chi connectivity index (χ0v) is 11.7. The number of nitrogen functional groups attached to an aromatic ring is 1. The molecule has 0 radical (unpaired) electrons. The highest BCUT2D eigenvalue weighted by Crippen LogP contribution is 2.29. The number of halogens is 2. The molecule has 2 rings (SSSR count). The molecular weight excluding hydrogens is 287 g/mol. The number of anilines is 1. The predicted molar refractivity (Wildman–Crippen MR) is 75.8 cm³/mol. The van der Waals surface area contributed by atoms with Crippen molar-refractivity contribution in [2.24, 2.45) is 5.84 Å². The van der Waals surface area contributed by atoms with E-state index in [-0.39, 0.29) is 0 Å². The van der Waals surface area contributed by atoms with Gasteiger partial charge in [0, 0.05) is 18.6 Å². The Balaban J connectivity index is 2.29. The van der Waals surface area contributed by atoms with Crippen molar-refractivity contribution in [2.75, 3.05) is 5.43 Å². The minimum absolute atomic E-state index is 0.387. The second-order valence-corrected chi connectivity index (χ2v) is 4.50. The number of ether oxygens (including phenoxy) is 1. The number of aromatic nitrogens is 2. The molecule has 0 aliphatic heterocycles. The lowest BCUT2D eigenvalue weighted by atomic mass is 10.3. The van der Waals surface area contributed by atoms with Crippen LogP contribution in [0.3, 0.4) is 0 Å². The molecular formula is C12H12Cl2N4O. The largest absolute Gasteiger partial charge is 0.439 e. The summed E-state index contributed by atoms with van der Waals surface area (Å²) in [6.07, 6.45) is 0.674. The third-order valence-electron chi connectivity index (χ3n) is 2.33. The van der Waals surface area contributed by atoms with Gasteiger partial charge in [-0.1, -0.05) is 30.1 Å². The van der Waals surface area contributed by atoms with Crippen LogP contribution in [-0.4, -0.2) is 9.97 Å². The number of hydrogen-bond acceptors (Lipinski definition) is 5. The molecule has 1 aromatic carbocycles. The topological polar surface area (TPSA) is 73.1 Å². The Kier molecular flexibility index (Phi) is 4.42. The number of rotatable bonds is 4. The molecule has 0 amide bonds. The SMILES string of the molecule is CCc1nc(NN)cc(Oc2ccc(Cl)c(Cl)c2)n1. The molecule has 0 aliphatic carbocycles. The van der Waals surface area contributed by atoms with Gasteiger partial charge in [-0.2, -0.15) is 4.98 Å². The van der Waals surface area contributed by atoms with E-state index in [0.29, 0.717) is 39.7 Å². The highest BCUT2D eigenvalue weighted by Gasteiger charge is 2.06. The zero-order chi connectivity index (χ0) is 13.8. The number of hydrogen-bond donors (Lipinski definition) is 2. The normalized spacial score (nSPS) is 10.3. The van der Waals surface area contributed by atoms with Gasteiger partial charge in [0.05, 0.1) is 10.0 Å². The van der Waals surface area contributed by atoms with Crippen molar-refractivity contribution < 1.29 is 4.74 Å². The molecule has 100 valence electrons. The summed E-state index contributed by atoms with van der Waals surface area (Å²) in [5, 5.41) is 0.886. The van der Waals surface area contributed by atoms with E-state index < -0.39 is 0 Å². The fraction of sp³-hybridized carbons (Fsp3) is 0.167. The fourth-order valence-electron chi connectivity index (χ4n) is 1.42. The van der Waals surface area contributed by atoms with E-state index in [1.807, 2.05) is 6.92 Å². The monoisotopic (exact) mass is 298 g/mol. The molecule has 0 aliphatic rings. The van der Waals surface area contributed by atoms with E-state index in [2.05, 4.69) is 15.4 Å². The van der Waals surface area contributed by atoms with Gasteiger partial charge in [0.15, 0.2) is 0 Å². The molecule has 0 atom stereocenters.